The summed E-state index contributed by atoms with van der Waals surface area (Å²) < 4.78 is 11.4. The lowest BCUT2D eigenvalue weighted by Crippen LogP contribution is -2.48. The Balaban J connectivity index is 0.00000225. The Bertz CT molecular complexity index is 825. The van der Waals surface area contributed by atoms with Gasteiger partial charge in [-0.1, -0.05) is 30.3 Å². The summed E-state index contributed by atoms with van der Waals surface area (Å²) in [5.41, 5.74) is 1.61. The number of carbonyl (C=O) groups is 1. The van der Waals surface area contributed by atoms with Crippen molar-refractivity contribution in [1.82, 2.24) is 4.90 Å². The summed E-state index contributed by atoms with van der Waals surface area (Å²) in [7, 11) is 1.64. The molecule has 5 heteroatoms. The molecule has 0 saturated carbocycles. The molecular weight excluding hydrogens is 374 g/mol. The van der Waals surface area contributed by atoms with E-state index in [9.17, 15) is 4.79 Å². The van der Waals surface area contributed by atoms with Crippen LogP contribution in [0.2, 0.25) is 0 Å². The molecular formula is C23H26ClNO3. The maximum Gasteiger partial charge on any atom is 0.203 e. The highest BCUT2D eigenvalue weighted by Crippen LogP contribution is 2.39. The Morgan fingerprint density at radius 2 is 1.71 bits per heavy atom. The molecule has 0 aliphatic carbocycles. The predicted molar refractivity (Wildman–Crippen MR) is 113 cm³/mol. The van der Waals surface area contributed by atoms with Gasteiger partial charge in [-0.05, 0) is 36.2 Å². The van der Waals surface area contributed by atoms with Crippen molar-refractivity contribution in [2.24, 2.45) is 0 Å². The molecule has 1 saturated heterocycles. The average molecular weight is 400 g/mol. The fraction of sp³-hybridized carbons (Fsp3) is 0.348. The summed E-state index contributed by atoms with van der Waals surface area (Å²) in [4.78, 5) is 15.1. The smallest absolute Gasteiger partial charge is 0.203 e. The van der Waals surface area contributed by atoms with Crippen LogP contribution in [0.25, 0.3) is 5.76 Å². The van der Waals surface area contributed by atoms with Crippen molar-refractivity contribution in [1.29, 1.82) is 0 Å². The second kappa shape index (κ2) is 8.80. The summed E-state index contributed by atoms with van der Waals surface area (Å²) in [6.45, 7) is 2.80. The van der Waals surface area contributed by atoms with Crippen LogP contribution in [0.1, 0.15) is 24.0 Å². The molecule has 0 radical (unpaired) electrons. The van der Waals surface area contributed by atoms with E-state index in [1.165, 1.54) is 5.56 Å². The number of hydrogen-bond donors (Lipinski definition) is 0. The van der Waals surface area contributed by atoms with Crippen LogP contribution in [0.4, 0.5) is 0 Å². The number of rotatable bonds is 5. The largest absolute Gasteiger partial charge is 0.497 e. The van der Waals surface area contributed by atoms with Crippen LogP contribution >= 0.6 is 12.4 Å². The van der Waals surface area contributed by atoms with Crippen LogP contribution in [0.3, 0.4) is 0 Å². The summed E-state index contributed by atoms with van der Waals surface area (Å²) >= 11 is 0. The first-order valence-electron chi connectivity index (χ1n) is 9.54. The molecule has 2 aliphatic heterocycles. The molecule has 4 nitrogen and oxygen atoms in total. The Hall–Kier alpha value is -2.30. The number of halogens is 1. The second-order valence-corrected chi connectivity index (χ2v) is 7.27. The van der Waals surface area contributed by atoms with Crippen molar-refractivity contribution >= 4 is 23.9 Å². The van der Waals surface area contributed by atoms with Crippen molar-refractivity contribution in [2.45, 2.75) is 24.9 Å². The molecule has 2 aromatic rings. The number of likely N-dealkylation sites (tertiary alicyclic amines) is 1. The first-order chi connectivity index (χ1) is 13.2. The van der Waals surface area contributed by atoms with E-state index in [4.69, 9.17) is 9.47 Å². The SMILES string of the molecule is COc1ccc(C2=CC(=O)C3(CCN(CCc4ccccc4)CC3)O2)cc1.Cl. The third kappa shape index (κ3) is 4.23. The lowest BCUT2D eigenvalue weighted by molar-refractivity contribution is -0.132. The van der Waals surface area contributed by atoms with E-state index in [0.717, 1.165) is 50.2 Å². The number of carbonyl (C=O) groups excluding carboxylic acids is 1. The number of benzene rings is 2. The third-order valence-electron chi connectivity index (χ3n) is 5.61. The van der Waals surface area contributed by atoms with Crippen molar-refractivity contribution in [3.63, 3.8) is 0 Å². The Morgan fingerprint density at radius 3 is 2.36 bits per heavy atom. The fourth-order valence-corrected chi connectivity index (χ4v) is 3.86. The molecule has 2 aliphatic rings. The standard InChI is InChI=1S/C23H25NO3.ClH/c1-26-20-9-7-19(8-10-20)21-17-22(25)23(27-21)12-15-24(16-13-23)14-11-18-5-3-2-4-6-18;/h2-10,17H,11-16H2,1H3;1H. The molecule has 0 bridgehead atoms. The summed E-state index contributed by atoms with van der Waals surface area (Å²) in [6.07, 6.45) is 4.20. The zero-order chi connectivity index (χ0) is 18.7. The maximum atomic E-state index is 12.7. The highest BCUT2D eigenvalue weighted by Gasteiger charge is 2.46. The lowest BCUT2D eigenvalue weighted by atomic mass is 9.88. The Labute approximate surface area is 172 Å². The van der Waals surface area contributed by atoms with Crippen molar-refractivity contribution in [3.05, 3.63) is 71.8 Å². The molecule has 0 amide bonds. The van der Waals surface area contributed by atoms with E-state index >= 15 is 0 Å². The predicted octanol–water partition coefficient (Wildman–Crippen LogP) is 4.13. The van der Waals surface area contributed by atoms with Crippen molar-refractivity contribution < 1.29 is 14.3 Å². The Morgan fingerprint density at radius 1 is 1.04 bits per heavy atom. The van der Waals surface area contributed by atoms with Gasteiger partial charge >= 0.3 is 0 Å². The number of nitrogens with zero attached hydrogens (tertiary/aromatic N) is 1. The molecule has 0 N–H and O–H groups in total. The fourth-order valence-electron chi connectivity index (χ4n) is 3.86. The number of methoxy groups -OCH3 is 1. The van der Waals surface area contributed by atoms with Crippen LogP contribution in [0.15, 0.2) is 60.7 Å². The van der Waals surface area contributed by atoms with Gasteiger partial charge in [0.1, 0.15) is 11.5 Å². The summed E-state index contributed by atoms with van der Waals surface area (Å²) in [5, 5.41) is 0. The molecule has 148 valence electrons. The third-order valence-corrected chi connectivity index (χ3v) is 5.61. The number of ether oxygens (including phenoxy) is 2. The normalized spacial score (nSPS) is 18.3. The minimum absolute atomic E-state index is 0. The Kier molecular flexibility index (Phi) is 6.42. The van der Waals surface area contributed by atoms with Crippen molar-refractivity contribution in [3.8, 4) is 5.75 Å². The zero-order valence-corrected chi connectivity index (χ0v) is 16.9. The molecule has 0 atom stereocenters. The van der Waals surface area contributed by atoms with Gasteiger partial charge in [-0.3, -0.25) is 4.79 Å². The van der Waals surface area contributed by atoms with Gasteiger partial charge in [0.05, 0.1) is 7.11 Å². The monoisotopic (exact) mass is 399 g/mol. The summed E-state index contributed by atoms with van der Waals surface area (Å²) in [5.74, 6) is 1.58. The van der Waals surface area contributed by atoms with Gasteiger partial charge in [-0.2, -0.15) is 0 Å². The van der Waals surface area contributed by atoms with Gasteiger partial charge in [0.15, 0.2) is 5.60 Å². The molecule has 2 heterocycles. The van der Waals surface area contributed by atoms with Gasteiger partial charge in [-0.25, -0.2) is 0 Å². The molecule has 0 aromatic heterocycles. The minimum Gasteiger partial charge on any atom is -0.497 e. The van der Waals surface area contributed by atoms with E-state index in [-0.39, 0.29) is 18.2 Å². The number of ketones is 1. The lowest BCUT2D eigenvalue weighted by Gasteiger charge is -2.38. The molecule has 28 heavy (non-hydrogen) atoms. The van der Waals surface area contributed by atoms with E-state index < -0.39 is 5.60 Å². The quantitative estimate of drug-likeness (QED) is 0.757. The molecule has 0 unspecified atom stereocenters. The van der Waals surface area contributed by atoms with Gasteiger partial charge in [0, 0.05) is 44.1 Å². The van der Waals surface area contributed by atoms with E-state index in [0.29, 0.717) is 5.76 Å². The van der Waals surface area contributed by atoms with Gasteiger partial charge in [0.25, 0.3) is 0 Å². The van der Waals surface area contributed by atoms with Gasteiger partial charge < -0.3 is 14.4 Å². The summed E-state index contributed by atoms with van der Waals surface area (Å²) in [6, 6.07) is 18.2. The first kappa shape index (κ1) is 20.4. The minimum atomic E-state index is -0.668. The van der Waals surface area contributed by atoms with E-state index in [1.807, 2.05) is 30.3 Å². The average Bonchev–Trinajstić information content (AvgIpc) is 3.04. The number of piperidine rings is 1. The first-order valence-corrected chi connectivity index (χ1v) is 9.54. The molecule has 1 spiro atoms. The van der Waals surface area contributed by atoms with Crippen LogP contribution < -0.4 is 4.74 Å². The van der Waals surface area contributed by atoms with Crippen LogP contribution in [-0.4, -0.2) is 43.0 Å². The van der Waals surface area contributed by atoms with Gasteiger partial charge in [0.2, 0.25) is 5.78 Å². The van der Waals surface area contributed by atoms with E-state index in [1.54, 1.807) is 13.2 Å². The molecule has 1 fully saturated rings. The molecule has 2 aromatic carbocycles. The number of hydrogen-bond acceptors (Lipinski definition) is 4. The highest BCUT2D eigenvalue weighted by atomic mass is 35.5. The highest BCUT2D eigenvalue weighted by molar-refractivity contribution is 6.05. The van der Waals surface area contributed by atoms with Crippen molar-refractivity contribution in [2.75, 3.05) is 26.7 Å². The van der Waals surface area contributed by atoms with Gasteiger partial charge in [-0.15, -0.1) is 12.4 Å². The van der Waals surface area contributed by atoms with Crippen LogP contribution in [0, 0.1) is 0 Å². The topological polar surface area (TPSA) is 38.8 Å². The zero-order valence-electron chi connectivity index (χ0n) is 16.1. The maximum absolute atomic E-state index is 12.7. The second-order valence-electron chi connectivity index (χ2n) is 7.27. The van der Waals surface area contributed by atoms with E-state index in [2.05, 4.69) is 29.2 Å². The van der Waals surface area contributed by atoms with Crippen LogP contribution in [-0.2, 0) is 16.0 Å². The molecule has 4 rings (SSSR count). The van der Waals surface area contributed by atoms with Crippen LogP contribution in [0.5, 0.6) is 5.75 Å².